The number of ketones is 1. The summed E-state index contributed by atoms with van der Waals surface area (Å²) in [5.74, 6) is -0.0625. The monoisotopic (exact) mass is 697 g/mol. The minimum atomic E-state index is -0.242. The number of aryl methyl sites for hydroxylation is 1. The Balaban J connectivity index is 0.000000394. The number of allylic oxidation sites excluding steroid dienone is 2. The maximum absolute atomic E-state index is 10.0. The molecule has 0 saturated carbocycles. The van der Waals surface area contributed by atoms with Crippen LogP contribution in [0.15, 0.2) is 64.9 Å². The molecule has 4 nitrogen and oxygen atoms in total. The molecular weight excluding hydrogens is 663 g/mol. The van der Waals surface area contributed by atoms with Crippen LogP contribution in [0.2, 0.25) is 0 Å². The Morgan fingerprint density at radius 3 is 2.41 bits per heavy atom. The Hall–Kier alpha value is -3.27. The molecule has 0 aliphatic heterocycles. The third-order valence-electron chi connectivity index (χ3n) is 7.38. The Bertz CT molecular complexity index is 1780. The average Bonchev–Trinajstić information content (AvgIpc) is 3.17. The summed E-state index contributed by atoms with van der Waals surface area (Å²) < 4.78 is 6.53. The van der Waals surface area contributed by atoms with Crippen molar-refractivity contribution in [2.75, 3.05) is 0 Å². The van der Waals surface area contributed by atoms with E-state index in [0.717, 1.165) is 27.8 Å². The van der Waals surface area contributed by atoms with Crippen LogP contribution in [-0.4, -0.2) is 15.9 Å². The van der Waals surface area contributed by atoms with Crippen LogP contribution in [0.4, 0.5) is 0 Å². The first-order chi connectivity index (χ1) is 17.8. The maximum Gasteiger partial charge on any atom is 0.155 e. The van der Waals surface area contributed by atoms with Gasteiger partial charge >= 0.3 is 0 Å². The fourth-order valence-corrected chi connectivity index (χ4v) is 5.73. The number of rotatable bonds is 1. The van der Waals surface area contributed by atoms with Gasteiger partial charge in [-0.25, -0.2) is 0 Å². The number of fused-ring (bicyclic) bond motifs is 4. The summed E-state index contributed by atoms with van der Waals surface area (Å²) in [6.07, 6.45) is 3.17. The molecule has 1 aliphatic carbocycles. The third kappa shape index (κ3) is 4.83. The number of aliphatic hydroxyl groups excluding tert-OH is 1. The molecule has 0 saturated heterocycles. The molecule has 3 aromatic carbocycles. The van der Waals surface area contributed by atoms with Gasteiger partial charge in [0, 0.05) is 37.8 Å². The molecule has 5 heteroatoms. The van der Waals surface area contributed by atoms with Crippen molar-refractivity contribution in [1.82, 2.24) is 4.98 Å². The Morgan fingerprint density at radius 1 is 1.08 bits per heavy atom. The van der Waals surface area contributed by atoms with E-state index in [9.17, 15) is 4.79 Å². The van der Waals surface area contributed by atoms with Gasteiger partial charge in [-0.15, -0.1) is 17.7 Å². The standard InChI is InChI=1S/C29H26NO.C5H8O2.Ir/c1-16-10-11-17-15-30-26-18-8-7-9-22-23(18)24-20(29(5,6)25(26)19(17)14-16)12-13-21(27(24)31-22)28(2,3)4;1-4(6)3-5(2)7;/h7,9-15H,1-6H3;3,6H,1-2H3;/q-1;;/b;4-3-;. The van der Waals surface area contributed by atoms with Gasteiger partial charge < -0.3 is 14.5 Å². The van der Waals surface area contributed by atoms with Gasteiger partial charge in [-0.05, 0) is 64.7 Å². The first-order valence-electron chi connectivity index (χ1n) is 13.0. The molecule has 2 aromatic heterocycles. The summed E-state index contributed by atoms with van der Waals surface area (Å²) >= 11 is 0. The first kappa shape index (κ1) is 28.7. The van der Waals surface area contributed by atoms with Crippen LogP contribution in [0.5, 0.6) is 0 Å². The molecule has 39 heavy (non-hydrogen) atoms. The van der Waals surface area contributed by atoms with E-state index in [2.05, 4.69) is 77.9 Å². The number of benzene rings is 3. The summed E-state index contributed by atoms with van der Waals surface area (Å²) in [5.41, 5.74) is 8.80. The predicted octanol–water partition coefficient (Wildman–Crippen LogP) is 8.88. The van der Waals surface area contributed by atoms with E-state index in [1.807, 2.05) is 18.3 Å². The van der Waals surface area contributed by atoms with Gasteiger partial charge in [-0.1, -0.05) is 82.0 Å². The van der Waals surface area contributed by atoms with Crippen LogP contribution >= 0.6 is 0 Å². The molecule has 0 atom stereocenters. The van der Waals surface area contributed by atoms with Crippen molar-refractivity contribution in [2.45, 2.75) is 66.2 Å². The number of pyridine rings is 1. The number of furan rings is 1. The number of nitrogens with zero attached hydrogens (tertiary/aromatic N) is 1. The Labute approximate surface area is 243 Å². The largest absolute Gasteiger partial charge is 0.512 e. The van der Waals surface area contributed by atoms with E-state index in [0.29, 0.717) is 0 Å². The van der Waals surface area contributed by atoms with Gasteiger partial charge in [0.05, 0.1) is 11.3 Å². The van der Waals surface area contributed by atoms with E-state index in [1.54, 1.807) is 0 Å². The van der Waals surface area contributed by atoms with Gasteiger partial charge in [0.25, 0.3) is 0 Å². The van der Waals surface area contributed by atoms with Gasteiger partial charge in [0.15, 0.2) is 5.78 Å². The molecule has 0 fully saturated rings. The van der Waals surface area contributed by atoms with Crippen LogP contribution in [-0.2, 0) is 35.7 Å². The summed E-state index contributed by atoms with van der Waals surface area (Å²) in [6.45, 7) is 16.4. The van der Waals surface area contributed by atoms with Crippen LogP contribution in [0.3, 0.4) is 0 Å². The minimum absolute atomic E-state index is 0. The molecule has 0 spiro atoms. The van der Waals surface area contributed by atoms with E-state index < -0.39 is 0 Å². The second kappa shape index (κ2) is 10.0. The zero-order valence-electron chi connectivity index (χ0n) is 23.7. The Kier molecular flexibility index (Phi) is 7.40. The van der Waals surface area contributed by atoms with Crippen molar-refractivity contribution in [1.29, 1.82) is 0 Å². The summed E-state index contributed by atoms with van der Waals surface area (Å²) in [6, 6.07) is 18.8. The van der Waals surface area contributed by atoms with Gasteiger partial charge in [-0.3, -0.25) is 4.79 Å². The Morgan fingerprint density at radius 2 is 1.79 bits per heavy atom. The molecule has 203 valence electrons. The van der Waals surface area contributed by atoms with Gasteiger partial charge in [0.1, 0.15) is 5.58 Å². The average molecular weight is 697 g/mol. The fraction of sp³-hybridized carbons (Fsp3) is 0.294. The number of aliphatic hydroxyl groups is 1. The van der Waals surface area contributed by atoms with Gasteiger partial charge in [-0.2, -0.15) is 0 Å². The number of carbonyl (C=O) groups is 1. The van der Waals surface area contributed by atoms with Crippen molar-refractivity contribution in [2.24, 2.45) is 0 Å². The van der Waals surface area contributed by atoms with Crippen molar-refractivity contribution >= 4 is 38.5 Å². The first-order valence-corrected chi connectivity index (χ1v) is 13.0. The predicted molar refractivity (Wildman–Crippen MR) is 156 cm³/mol. The molecule has 0 bridgehead atoms. The van der Waals surface area contributed by atoms with Crippen molar-refractivity contribution < 1.29 is 34.4 Å². The van der Waals surface area contributed by atoms with Crippen LogP contribution in [0.1, 0.15) is 70.7 Å². The fourth-order valence-electron chi connectivity index (χ4n) is 5.73. The summed E-state index contributed by atoms with van der Waals surface area (Å²) in [5, 5.41) is 13.2. The smallest absolute Gasteiger partial charge is 0.155 e. The second-order valence-electron chi connectivity index (χ2n) is 11.9. The van der Waals surface area contributed by atoms with Crippen LogP contribution in [0, 0.1) is 13.0 Å². The van der Waals surface area contributed by atoms with Gasteiger partial charge in [0.2, 0.25) is 0 Å². The quantitative estimate of drug-likeness (QED) is 0.108. The second-order valence-corrected chi connectivity index (χ2v) is 11.9. The molecule has 5 aromatic rings. The number of hydrogen-bond donors (Lipinski definition) is 1. The van der Waals surface area contributed by atoms with E-state index in [1.165, 1.54) is 58.3 Å². The summed E-state index contributed by atoms with van der Waals surface area (Å²) in [4.78, 5) is 15.0. The van der Waals surface area contributed by atoms with Crippen molar-refractivity contribution in [3.05, 3.63) is 88.8 Å². The van der Waals surface area contributed by atoms with E-state index in [-0.39, 0.29) is 42.5 Å². The topological polar surface area (TPSA) is 63.3 Å². The normalized spacial score (nSPS) is 14.0. The number of hydrogen-bond acceptors (Lipinski definition) is 4. The molecule has 1 N–H and O–H groups in total. The van der Waals surface area contributed by atoms with Crippen molar-refractivity contribution in [3.63, 3.8) is 0 Å². The van der Waals surface area contributed by atoms with E-state index >= 15 is 0 Å². The summed E-state index contributed by atoms with van der Waals surface area (Å²) in [7, 11) is 0. The molecule has 2 heterocycles. The zero-order valence-corrected chi connectivity index (χ0v) is 26.1. The molecule has 6 rings (SSSR count). The number of carbonyl (C=O) groups excluding carboxylic acids is 1. The molecular formula is C34H34IrNO3-. The number of aromatic nitrogens is 1. The molecule has 1 aliphatic rings. The third-order valence-corrected chi connectivity index (χ3v) is 7.38. The maximum atomic E-state index is 10.0. The molecule has 0 amide bonds. The van der Waals surface area contributed by atoms with E-state index in [4.69, 9.17) is 14.5 Å². The van der Waals surface area contributed by atoms with Crippen LogP contribution in [0.25, 0.3) is 44.0 Å². The molecule has 1 radical (unpaired) electrons. The molecule has 0 unspecified atom stereocenters. The SMILES string of the molecule is CC(=O)/C=C(/C)O.Cc1ccc2cnc3c(c2c1)C(C)(C)c1ccc(C(C)(C)C)c2oc4cc[c-]c-3c4c12.[Ir]. The van der Waals surface area contributed by atoms with Crippen LogP contribution < -0.4 is 0 Å². The minimum Gasteiger partial charge on any atom is -0.512 e. The zero-order chi connectivity index (χ0) is 27.6. The van der Waals surface area contributed by atoms with Crippen molar-refractivity contribution in [3.8, 4) is 11.3 Å².